The number of halogens is 2. The van der Waals surface area contributed by atoms with Gasteiger partial charge in [-0.05, 0) is 78.9 Å². The lowest BCUT2D eigenvalue weighted by Crippen LogP contribution is -2.36. The van der Waals surface area contributed by atoms with E-state index in [1.165, 1.54) is 24.3 Å². The second-order valence-electron chi connectivity index (χ2n) is 7.87. The van der Waals surface area contributed by atoms with Gasteiger partial charge < -0.3 is 10.4 Å². The van der Waals surface area contributed by atoms with Crippen LogP contribution < -0.4 is 5.32 Å². The Labute approximate surface area is 172 Å². The van der Waals surface area contributed by atoms with Gasteiger partial charge in [-0.3, -0.25) is 0 Å². The Hall–Kier alpha value is -3.25. The highest BCUT2D eigenvalue weighted by molar-refractivity contribution is 5.81. The van der Waals surface area contributed by atoms with Gasteiger partial charge in [0.25, 0.3) is 0 Å². The molecule has 1 aliphatic rings. The Morgan fingerprint density at radius 1 is 1.00 bits per heavy atom. The average molecular weight is 405 g/mol. The van der Waals surface area contributed by atoms with E-state index in [0.29, 0.717) is 12.2 Å². The number of anilines is 1. The molecule has 5 rings (SSSR count). The number of nitrogens with zero attached hydrogens (tertiary/aromatic N) is 2. The molecule has 0 saturated heterocycles. The third-order valence-electron chi connectivity index (χ3n) is 5.78. The van der Waals surface area contributed by atoms with Gasteiger partial charge in [-0.2, -0.15) is 5.10 Å². The van der Waals surface area contributed by atoms with Crippen molar-refractivity contribution in [1.82, 2.24) is 9.78 Å². The second-order valence-corrected chi connectivity index (χ2v) is 7.87. The summed E-state index contributed by atoms with van der Waals surface area (Å²) in [7, 11) is 0. The van der Waals surface area contributed by atoms with E-state index < -0.39 is 5.60 Å². The number of rotatable bonds is 6. The fourth-order valence-corrected chi connectivity index (χ4v) is 3.97. The van der Waals surface area contributed by atoms with E-state index in [1.54, 1.807) is 35.1 Å². The van der Waals surface area contributed by atoms with Crippen molar-refractivity contribution in [1.29, 1.82) is 0 Å². The molecule has 1 unspecified atom stereocenters. The van der Waals surface area contributed by atoms with Crippen LogP contribution in [0.5, 0.6) is 0 Å². The van der Waals surface area contributed by atoms with Crippen molar-refractivity contribution in [2.45, 2.75) is 18.4 Å². The van der Waals surface area contributed by atoms with Crippen LogP contribution in [-0.2, 0) is 5.60 Å². The van der Waals surface area contributed by atoms with E-state index >= 15 is 0 Å². The monoisotopic (exact) mass is 405 g/mol. The van der Waals surface area contributed by atoms with Crippen molar-refractivity contribution in [3.63, 3.8) is 0 Å². The first-order chi connectivity index (χ1) is 14.5. The van der Waals surface area contributed by atoms with E-state index in [1.807, 2.05) is 18.2 Å². The van der Waals surface area contributed by atoms with Gasteiger partial charge >= 0.3 is 0 Å². The summed E-state index contributed by atoms with van der Waals surface area (Å²) in [4.78, 5) is 0. The number of benzene rings is 3. The molecule has 0 spiro atoms. The third-order valence-corrected chi connectivity index (χ3v) is 5.78. The summed E-state index contributed by atoms with van der Waals surface area (Å²) in [5, 5.41) is 20.1. The summed E-state index contributed by atoms with van der Waals surface area (Å²) in [6.45, 7) is 0.290. The molecule has 0 aliphatic heterocycles. The molecule has 3 aromatic carbocycles. The first-order valence-corrected chi connectivity index (χ1v) is 9.99. The molecule has 0 amide bonds. The van der Waals surface area contributed by atoms with Crippen LogP contribution in [0.15, 0.2) is 72.9 Å². The fraction of sp³-hybridized carbons (Fsp3) is 0.208. The Bertz CT molecular complexity index is 1200. The van der Waals surface area contributed by atoms with Crippen molar-refractivity contribution in [2.24, 2.45) is 5.92 Å². The largest absolute Gasteiger partial charge is 0.383 e. The number of aliphatic hydroxyl groups is 1. The second kappa shape index (κ2) is 7.22. The minimum Gasteiger partial charge on any atom is -0.383 e. The lowest BCUT2D eigenvalue weighted by Gasteiger charge is -2.30. The highest BCUT2D eigenvalue weighted by atomic mass is 19.1. The van der Waals surface area contributed by atoms with E-state index in [4.69, 9.17) is 0 Å². The predicted octanol–water partition coefficient (Wildman–Crippen LogP) is 5.01. The van der Waals surface area contributed by atoms with Crippen LogP contribution in [0.1, 0.15) is 18.4 Å². The zero-order valence-corrected chi connectivity index (χ0v) is 16.2. The Balaban J connectivity index is 1.46. The van der Waals surface area contributed by atoms with Crippen LogP contribution in [0.25, 0.3) is 16.6 Å². The quantitative estimate of drug-likeness (QED) is 0.474. The standard InChI is InChI=1S/C24H21F2N3O/c25-19-7-9-22(10-8-19)29-23-11-6-18(12-16(23)14-28-29)24(30,17-4-5-17)15-27-21-3-1-2-20(26)13-21/h1-3,6-14,17,27,30H,4-5,15H2. The number of hydrogen-bond donors (Lipinski definition) is 2. The molecule has 1 aliphatic carbocycles. The van der Waals surface area contributed by atoms with Gasteiger partial charge in [0.2, 0.25) is 0 Å². The number of aromatic nitrogens is 2. The maximum atomic E-state index is 13.5. The topological polar surface area (TPSA) is 50.1 Å². The molecular weight excluding hydrogens is 384 g/mol. The third kappa shape index (κ3) is 3.44. The molecule has 1 heterocycles. The highest BCUT2D eigenvalue weighted by Gasteiger charge is 2.45. The van der Waals surface area contributed by atoms with Crippen LogP contribution in [0.4, 0.5) is 14.5 Å². The molecule has 30 heavy (non-hydrogen) atoms. The molecule has 0 bridgehead atoms. The minimum atomic E-state index is -1.06. The van der Waals surface area contributed by atoms with E-state index in [-0.39, 0.29) is 17.6 Å². The average Bonchev–Trinajstić information content (AvgIpc) is 3.53. The minimum absolute atomic E-state index is 0.156. The molecule has 6 heteroatoms. The summed E-state index contributed by atoms with van der Waals surface area (Å²) in [5.74, 6) is -0.453. The molecule has 0 radical (unpaired) electrons. The van der Waals surface area contributed by atoms with Crippen molar-refractivity contribution in [3.05, 3.63) is 90.1 Å². The molecule has 1 aromatic heterocycles. The van der Waals surface area contributed by atoms with Gasteiger partial charge in [0.1, 0.15) is 17.2 Å². The normalized spacial score (nSPS) is 15.8. The van der Waals surface area contributed by atoms with Crippen molar-refractivity contribution in [2.75, 3.05) is 11.9 Å². The molecule has 2 N–H and O–H groups in total. The summed E-state index contributed by atoms with van der Waals surface area (Å²) in [6, 6.07) is 18.2. The van der Waals surface area contributed by atoms with Crippen molar-refractivity contribution in [3.8, 4) is 5.69 Å². The van der Waals surface area contributed by atoms with E-state index in [2.05, 4.69) is 10.4 Å². The van der Waals surface area contributed by atoms with Crippen LogP contribution in [-0.4, -0.2) is 21.4 Å². The first kappa shape index (κ1) is 18.8. The van der Waals surface area contributed by atoms with Crippen LogP contribution in [0, 0.1) is 17.6 Å². The molecule has 4 nitrogen and oxygen atoms in total. The first-order valence-electron chi connectivity index (χ1n) is 9.99. The van der Waals surface area contributed by atoms with Gasteiger partial charge in [-0.15, -0.1) is 0 Å². The Kier molecular flexibility index (Phi) is 4.51. The number of fused-ring (bicyclic) bond motifs is 1. The molecule has 1 saturated carbocycles. The van der Waals surface area contributed by atoms with Gasteiger partial charge in [-0.1, -0.05) is 12.1 Å². The summed E-state index contributed by atoms with van der Waals surface area (Å²) >= 11 is 0. The lowest BCUT2D eigenvalue weighted by molar-refractivity contribution is 0.0267. The summed E-state index contributed by atoms with van der Waals surface area (Å²) in [6.07, 6.45) is 3.65. The number of nitrogens with one attached hydrogen (secondary N) is 1. The molecular formula is C24H21F2N3O. The van der Waals surface area contributed by atoms with Crippen LogP contribution >= 0.6 is 0 Å². The predicted molar refractivity (Wildman–Crippen MR) is 113 cm³/mol. The van der Waals surface area contributed by atoms with Crippen LogP contribution in [0.2, 0.25) is 0 Å². The smallest absolute Gasteiger partial charge is 0.125 e. The van der Waals surface area contributed by atoms with Gasteiger partial charge in [0.05, 0.1) is 17.4 Å². The Morgan fingerprint density at radius 2 is 1.80 bits per heavy atom. The van der Waals surface area contributed by atoms with Crippen molar-refractivity contribution < 1.29 is 13.9 Å². The maximum Gasteiger partial charge on any atom is 0.125 e. The Morgan fingerprint density at radius 3 is 2.53 bits per heavy atom. The van der Waals surface area contributed by atoms with Crippen molar-refractivity contribution >= 4 is 16.6 Å². The zero-order valence-electron chi connectivity index (χ0n) is 16.2. The molecule has 1 fully saturated rings. The van der Waals surface area contributed by atoms with E-state index in [0.717, 1.165) is 35.0 Å². The number of hydrogen-bond acceptors (Lipinski definition) is 3. The molecule has 1 atom stereocenters. The molecule has 4 aromatic rings. The van der Waals surface area contributed by atoms with Gasteiger partial charge in [-0.25, -0.2) is 13.5 Å². The van der Waals surface area contributed by atoms with Gasteiger partial charge in [0.15, 0.2) is 0 Å². The van der Waals surface area contributed by atoms with E-state index in [9.17, 15) is 13.9 Å². The molecule has 152 valence electrons. The zero-order chi connectivity index (χ0) is 20.7. The lowest BCUT2D eigenvalue weighted by atomic mass is 9.88. The fourth-order valence-electron chi connectivity index (χ4n) is 3.97. The summed E-state index contributed by atoms with van der Waals surface area (Å²) < 4.78 is 28.5. The SMILES string of the molecule is OC(CNc1cccc(F)c1)(c1ccc2c(cnn2-c2ccc(F)cc2)c1)C1CC1. The van der Waals surface area contributed by atoms with Gasteiger partial charge in [0, 0.05) is 17.6 Å². The van der Waals surface area contributed by atoms with Crippen LogP contribution in [0.3, 0.4) is 0 Å². The summed E-state index contributed by atoms with van der Waals surface area (Å²) in [5.41, 5.74) is 2.03. The highest BCUT2D eigenvalue weighted by Crippen LogP contribution is 2.46. The maximum absolute atomic E-state index is 13.5.